The van der Waals surface area contributed by atoms with E-state index in [1.165, 1.54) is 0 Å². The Morgan fingerprint density at radius 1 is 1.30 bits per heavy atom. The van der Waals surface area contributed by atoms with Crippen molar-refractivity contribution in [3.8, 4) is 5.75 Å². The van der Waals surface area contributed by atoms with Crippen LogP contribution in [0.2, 0.25) is 0 Å². The number of hydrogen-bond acceptors (Lipinski definition) is 4. The second-order valence-corrected chi connectivity index (χ2v) is 6.16. The highest BCUT2D eigenvalue weighted by Gasteiger charge is 2.38. The van der Waals surface area contributed by atoms with Crippen molar-refractivity contribution in [3.63, 3.8) is 0 Å². The lowest BCUT2D eigenvalue weighted by molar-refractivity contribution is -0.0447. The molecule has 23 heavy (non-hydrogen) atoms. The molecule has 2 atom stereocenters. The van der Waals surface area contributed by atoms with Crippen LogP contribution in [0.4, 0.5) is 0 Å². The van der Waals surface area contributed by atoms with Crippen LogP contribution >= 0.6 is 0 Å². The average molecular weight is 312 g/mol. The maximum absolute atomic E-state index is 12.9. The van der Waals surface area contributed by atoms with E-state index in [1.807, 2.05) is 35.2 Å². The monoisotopic (exact) mass is 312 g/mol. The predicted molar refractivity (Wildman–Crippen MR) is 86.7 cm³/mol. The second kappa shape index (κ2) is 5.81. The van der Waals surface area contributed by atoms with Gasteiger partial charge in [0.1, 0.15) is 11.4 Å². The number of pyridine rings is 1. The van der Waals surface area contributed by atoms with E-state index in [2.05, 4.69) is 4.98 Å². The van der Waals surface area contributed by atoms with Crippen molar-refractivity contribution in [1.82, 2.24) is 9.88 Å². The molecule has 1 amide bonds. The zero-order valence-corrected chi connectivity index (χ0v) is 13.2. The Bertz CT molecular complexity index is 746. The molecule has 120 valence electrons. The van der Waals surface area contributed by atoms with E-state index in [1.54, 1.807) is 7.11 Å². The molecule has 1 aliphatic heterocycles. The van der Waals surface area contributed by atoms with Gasteiger partial charge in [0, 0.05) is 11.9 Å². The number of rotatable bonds is 2. The summed E-state index contributed by atoms with van der Waals surface area (Å²) >= 11 is 0. The number of aromatic nitrogens is 1. The highest BCUT2D eigenvalue weighted by atomic mass is 16.5. The Morgan fingerprint density at radius 3 is 3.09 bits per heavy atom. The van der Waals surface area contributed by atoms with Gasteiger partial charge in [0.25, 0.3) is 5.91 Å². The number of carbonyl (C=O) groups excluding carboxylic acids is 1. The Balaban J connectivity index is 1.64. The molecule has 2 heterocycles. The third kappa shape index (κ3) is 2.55. The minimum atomic E-state index is 0.0166. The van der Waals surface area contributed by atoms with Gasteiger partial charge in [0.2, 0.25) is 0 Å². The number of amides is 1. The molecule has 5 nitrogen and oxygen atoms in total. The molecule has 1 saturated heterocycles. The molecule has 1 aliphatic carbocycles. The van der Waals surface area contributed by atoms with Gasteiger partial charge in [-0.2, -0.15) is 0 Å². The van der Waals surface area contributed by atoms with Gasteiger partial charge in [0.15, 0.2) is 0 Å². The van der Waals surface area contributed by atoms with Crippen LogP contribution < -0.4 is 4.74 Å². The van der Waals surface area contributed by atoms with Crippen LogP contribution in [0.1, 0.15) is 29.8 Å². The van der Waals surface area contributed by atoms with Crippen molar-refractivity contribution in [1.29, 1.82) is 0 Å². The lowest BCUT2D eigenvalue weighted by atomic mass is 10.1. The third-order valence-electron chi connectivity index (χ3n) is 4.86. The van der Waals surface area contributed by atoms with E-state index in [-0.39, 0.29) is 18.1 Å². The lowest BCUT2D eigenvalue weighted by Crippen LogP contribution is -2.51. The first-order chi connectivity index (χ1) is 11.3. The van der Waals surface area contributed by atoms with Crippen molar-refractivity contribution >= 4 is 16.8 Å². The van der Waals surface area contributed by atoms with Crippen LogP contribution in [0.15, 0.2) is 30.3 Å². The normalized spacial score (nSPS) is 23.8. The molecule has 2 fully saturated rings. The van der Waals surface area contributed by atoms with Gasteiger partial charge in [-0.15, -0.1) is 0 Å². The molecule has 1 saturated carbocycles. The molecule has 0 bridgehead atoms. The van der Waals surface area contributed by atoms with E-state index in [9.17, 15) is 4.79 Å². The van der Waals surface area contributed by atoms with E-state index in [0.717, 1.165) is 35.9 Å². The number of methoxy groups -OCH3 is 1. The van der Waals surface area contributed by atoms with E-state index < -0.39 is 0 Å². The zero-order valence-electron chi connectivity index (χ0n) is 13.2. The molecule has 2 aromatic rings. The molecular formula is C18H20N2O3. The standard InChI is InChI=1S/C18H20N2O3/c1-22-13-6-8-14-12(11-13)5-7-15(19-14)18(21)20-9-10-23-17-4-2-3-16(17)20/h5-8,11,16-17H,2-4,9-10H2,1H3/t16-,17+/m0/s1. The quantitative estimate of drug-likeness (QED) is 0.855. The van der Waals surface area contributed by atoms with Gasteiger partial charge in [-0.25, -0.2) is 4.98 Å². The Labute approximate surface area is 135 Å². The van der Waals surface area contributed by atoms with Crippen LogP contribution in [0.5, 0.6) is 5.75 Å². The molecule has 4 rings (SSSR count). The molecule has 1 aromatic heterocycles. The summed E-state index contributed by atoms with van der Waals surface area (Å²) in [5.41, 5.74) is 1.32. The summed E-state index contributed by atoms with van der Waals surface area (Å²) in [7, 11) is 1.64. The highest BCUT2D eigenvalue weighted by molar-refractivity contribution is 5.95. The summed E-state index contributed by atoms with van der Waals surface area (Å²) in [6.07, 6.45) is 3.42. The first kappa shape index (κ1) is 14.5. The van der Waals surface area contributed by atoms with Crippen LogP contribution in [-0.4, -0.2) is 48.2 Å². The van der Waals surface area contributed by atoms with Crippen molar-refractivity contribution < 1.29 is 14.3 Å². The number of hydrogen-bond donors (Lipinski definition) is 0. The van der Waals surface area contributed by atoms with Crippen LogP contribution in [0, 0.1) is 0 Å². The molecule has 0 spiro atoms. The highest BCUT2D eigenvalue weighted by Crippen LogP contribution is 2.30. The number of carbonyl (C=O) groups is 1. The average Bonchev–Trinajstić information content (AvgIpc) is 3.08. The minimum Gasteiger partial charge on any atom is -0.497 e. The van der Waals surface area contributed by atoms with Crippen LogP contribution in [-0.2, 0) is 4.74 Å². The Kier molecular flexibility index (Phi) is 3.65. The summed E-state index contributed by atoms with van der Waals surface area (Å²) in [6, 6.07) is 9.64. The minimum absolute atomic E-state index is 0.0166. The first-order valence-electron chi connectivity index (χ1n) is 8.13. The van der Waals surface area contributed by atoms with Crippen molar-refractivity contribution in [2.45, 2.75) is 31.4 Å². The smallest absolute Gasteiger partial charge is 0.272 e. The van der Waals surface area contributed by atoms with E-state index in [4.69, 9.17) is 9.47 Å². The summed E-state index contributed by atoms with van der Waals surface area (Å²) in [6.45, 7) is 1.28. The van der Waals surface area contributed by atoms with Gasteiger partial charge in [-0.1, -0.05) is 6.07 Å². The van der Waals surface area contributed by atoms with Crippen LogP contribution in [0.25, 0.3) is 10.9 Å². The molecule has 5 heteroatoms. The van der Waals surface area contributed by atoms with Crippen molar-refractivity contribution in [2.75, 3.05) is 20.3 Å². The van der Waals surface area contributed by atoms with Gasteiger partial charge in [0.05, 0.1) is 31.4 Å². The summed E-state index contributed by atoms with van der Waals surface area (Å²) in [4.78, 5) is 19.4. The number of benzene rings is 1. The van der Waals surface area contributed by atoms with E-state index >= 15 is 0 Å². The van der Waals surface area contributed by atoms with Gasteiger partial charge >= 0.3 is 0 Å². The van der Waals surface area contributed by atoms with E-state index in [0.29, 0.717) is 18.8 Å². The molecule has 1 aromatic carbocycles. The summed E-state index contributed by atoms with van der Waals surface area (Å²) in [5.74, 6) is 0.809. The Hall–Kier alpha value is -2.14. The molecule has 0 N–H and O–H groups in total. The lowest BCUT2D eigenvalue weighted by Gasteiger charge is -2.37. The topological polar surface area (TPSA) is 51.7 Å². The maximum Gasteiger partial charge on any atom is 0.272 e. The molecular weight excluding hydrogens is 292 g/mol. The third-order valence-corrected chi connectivity index (χ3v) is 4.86. The molecule has 2 aliphatic rings. The fourth-order valence-electron chi connectivity index (χ4n) is 3.67. The molecule has 0 unspecified atom stereocenters. The van der Waals surface area contributed by atoms with Gasteiger partial charge < -0.3 is 14.4 Å². The largest absolute Gasteiger partial charge is 0.497 e. The van der Waals surface area contributed by atoms with Crippen molar-refractivity contribution in [3.05, 3.63) is 36.0 Å². The molecule has 0 radical (unpaired) electrons. The number of morpholine rings is 1. The summed E-state index contributed by atoms with van der Waals surface area (Å²) in [5, 5.41) is 0.974. The predicted octanol–water partition coefficient (Wildman–Crippen LogP) is 2.64. The maximum atomic E-state index is 12.9. The fraction of sp³-hybridized carbons (Fsp3) is 0.444. The first-order valence-corrected chi connectivity index (χ1v) is 8.13. The Morgan fingerprint density at radius 2 is 2.22 bits per heavy atom. The van der Waals surface area contributed by atoms with Gasteiger partial charge in [-0.3, -0.25) is 4.79 Å². The number of ether oxygens (including phenoxy) is 2. The van der Waals surface area contributed by atoms with Crippen molar-refractivity contribution in [2.24, 2.45) is 0 Å². The summed E-state index contributed by atoms with van der Waals surface area (Å²) < 4.78 is 11.0. The number of nitrogens with zero attached hydrogens (tertiary/aromatic N) is 2. The van der Waals surface area contributed by atoms with Gasteiger partial charge in [-0.05, 0) is 43.5 Å². The zero-order chi connectivity index (χ0) is 15.8. The fourth-order valence-corrected chi connectivity index (χ4v) is 3.67. The second-order valence-electron chi connectivity index (χ2n) is 6.16. The van der Waals surface area contributed by atoms with Crippen LogP contribution in [0.3, 0.4) is 0 Å². The SMILES string of the molecule is COc1ccc2nc(C(=O)N3CCO[C@@H]4CCC[C@@H]43)ccc2c1. The number of fused-ring (bicyclic) bond motifs is 2.